The van der Waals surface area contributed by atoms with Crippen molar-refractivity contribution in [3.63, 3.8) is 0 Å². The van der Waals surface area contributed by atoms with Crippen molar-refractivity contribution < 1.29 is 19.1 Å². The van der Waals surface area contributed by atoms with Crippen molar-refractivity contribution in [3.8, 4) is 0 Å². The number of hydrogen-bond donors (Lipinski definition) is 0. The number of fused-ring (bicyclic) bond motifs is 5. The van der Waals surface area contributed by atoms with Crippen molar-refractivity contribution in [1.29, 1.82) is 0 Å². The van der Waals surface area contributed by atoms with Gasteiger partial charge in [-0.3, -0.25) is 14.4 Å². The van der Waals surface area contributed by atoms with Gasteiger partial charge in [0.1, 0.15) is 11.6 Å². The molecule has 0 spiro atoms. The van der Waals surface area contributed by atoms with E-state index in [-0.39, 0.29) is 28.6 Å². The summed E-state index contributed by atoms with van der Waals surface area (Å²) < 4.78 is 4.89. The normalized spacial score (nSPS) is 45.3. The van der Waals surface area contributed by atoms with Gasteiger partial charge in [0.2, 0.25) is 0 Å². The number of ketones is 2. The molecule has 0 saturated heterocycles. The highest BCUT2D eigenvalue weighted by molar-refractivity contribution is 5.79. The van der Waals surface area contributed by atoms with E-state index in [1.54, 1.807) is 6.92 Å². The van der Waals surface area contributed by atoms with Gasteiger partial charge in [0, 0.05) is 18.3 Å². The van der Waals surface area contributed by atoms with E-state index in [1.807, 2.05) is 6.92 Å². The number of carbonyl (C=O) groups is 3. The van der Waals surface area contributed by atoms with Crippen molar-refractivity contribution >= 4 is 17.5 Å². The van der Waals surface area contributed by atoms with Crippen LogP contribution in [0, 0.1) is 58.2 Å². The third kappa shape index (κ3) is 4.12. The lowest BCUT2D eigenvalue weighted by atomic mass is 9.41. The number of ether oxygens (including phenoxy) is 1. The van der Waals surface area contributed by atoms with Crippen molar-refractivity contribution in [2.45, 2.75) is 98.8 Å². The summed E-state index contributed by atoms with van der Waals surface area (Å²) in [5, 5.41) is 0. The van der Waals surface area contributed by atoms with Crippen LogP contribution < -0.4 is 0 Å². The number of hydrogen-bond acceptors (Lipinski definition) is 4. The summed E-state index contributed by atoms with van der Waals surface area (Å²) in [5.74, 6) is 4.33. The summed E-state index contributed by atoms with van der Waals surface area (Å²) in [7, 11) is 1.48. The maximum atomic E-state index is 13.0. The Morgan fingerprint density at radius 3 is 2.21 bits per heavy atom. The smallest absolute Gasteiger partial charge is 0.305 e. The molecular formula is C29H46O4. The SMILES string of the molecule is COC(=O)CC[C@@H](C)[C@H]1CC[C@H]2[C@@H]3C(C(C)=O)CC4CC(C(C)=O)CC[C@]4(C)[C@H]3CC[C@]12C. The van der Waals surface area contributed by atoms with Crippen LogP contribution in [-0.4, -0.2) is 24.6 Å². The number of Topliss-reactive ketones (excluding diaryl/α,β-unsaturated/α-hetero) is 2. The van der Waals surface area contributed by atoms with E-state index in [0.717, 1.165) is 32.1 Å². The van der Waals surface area contributed by atoms with Gasteiger partial charge in [-0.05, 0) is 118 Å². The highest BCUT2D eigenvalue weighted by Crippen LogP contribution is 2.70. The zero-order valence-electron chi connectivity index (χ0n) is 21.8. The van der Waals surface area contributed by atoms with Gasteiger partial charge in [0.05, 0.1) is 7.11 Å². The molecule has 0 aromatic rings. The average Bonchev–Trinajstić information content (AvgIpc) is 3.13. The molecule has 4 nitrogen and oxygen atoms in total. The quantitative estimate of drug-likeness (QED) is 0.441. The van der Waals surface area contributed by atoms with Crippen LogP contribution in [0.2, 0.25) is 0 Å². The van der Waals surface area contributed by atoms with Crippen molar-refractivity contribution in [2.24, 2.45) is 58.2 Å². The lowest BCUT2D eigenvalue weighted by Crippen LogP contribution is -2.58. The van der Waals surface area contributed by atoms with E-state index in [0.29, 0.717) is 53.5 Å². The third-order valence-electron chi connectivity index (χ3n) is 11.6. The fourth-order valence-corrected chi connectivity index (χ4v) is 9.69. The minimum atomic E-state index is -0.102. The molecule has 33 heavy (non-hydrogen) atoms. The molecule has 4 heteroatoms. The Morgan fingerprint density at radius 2 is 1.58 bits per heavy atom. The Bertz CT molecular complexity index is 788. The second-order valence-corrected chi connectivity index (χ2v) is 12.8. The Labute approximate surface area is 201 Å². The van der Waals surface area contributed by atoms with Crippen molar-refractivity contribution in [1.82, 2.24) is 0 Å². The van der Waals surface area contributed by atoms with Gasteiger partial charge in [-0.1, -0.05) is 20.8 Å². The molecule has 4 fully saturated rings. The lowest BCUT2D eigenvalue weighted by Gasteiger charge is -2.63. The highest BCUT2D eigenvalue weighted by Gasteiger charge is 2.63. The van der Waals surface area contributed by atoms with E-state index < -0.39 is 0 Å². The highest BCUT2D eigenvalue weighted by atomic mass is 16.5. The molecule has 0 heterocycles. The summed E-state index contributed by atoms with van der Waals surface area (Å²) in [5.41, 5.74) is 0.544. The van der Waals surface area contributed by atoms with Crippen molar-refractivity contribution in [3.05, 3.63) is 0 Å². The van der Waals surface area contributed by atoms with Gasteiger partial charge in [0.15, 0.2) is 0 Å². The molecule has 0 bridgehead atoms. The number of esters is 1. The number of methoxy groups -OCH3 is 1. The molecule has 3 unspecified atom stereocenters. The van der Waals surface area contributed by atoms with Gasteiger partial charge in [0.25, 0.3) is 0 Å². The minimum Gasteiger partial charge on any atom is -0.469 e. The van der Waals surface area contributed by atoms with E-state index in [9.17, 15) is 14.4 Å². The van der Waals surface area contributed by atoms with Crippen LogP contribution in [-0.2, 0) is 19.1 Å². The number of carbonyl (C=O) groups excluding carboxylic acids is 3. The molecule has 4 saturated carbocycles. The Kier molecular flexibility index (Phi) is 6.88. The summed E-state index contributed by atoms with van der Waals surface area (Å²) in [4.78, 5) is 37.0. The Hall–Kier alpha value is -1.19. The maximum Gasteiger partial charge on any atom is 0.305 e. The predicted molar refractivity (Wildman–Crippen MR) is 129 cm³/mol. The molecule has 4 aliphatic carbocycles. The molecule has 10 atom stereocenters. The van der Waals surface area contributed by atoms with Gasteiger partial charge in [-0.15, -0.1) is 0 Å². The average molecular weight is 459 g/mol. The molecule has 0 aliphatic heterocycles. The first kappa shape index (κ1) is 24.9. The second-order valence-electron chi connectivity index (χ2n) is 12.8. The summed E-state index contributed by atoms with van der Waals surface area (Å²) in [6.45, 7) is 10.9. The standard InChI is InChI=1S/C29H46O4/c1-17(7-10-26(32)33-6)23-8-9-24-27-22(19(3)31)16-21-15-20(18(2)30)11-13-28(21,4)25(27)12-14-29(23,24)5/h17,20-25,27H,7-16H2,1-6H3/t17-,20?,21?,22?,23-,24+,25+,27+,28+,29-/m1/s1. The van der Waals surface area contributed by atoms with Crippen LogP contribution >= 0.6 is 0 Å². The van der Waals surface area contributed by atoms with Crippen molar-refractivity contribution in [2.75, 3.05) is 7.11 Å². The Balaban J connectivity index is 1.59. The zero-order chi connectivity index (χ0) is 24.1. The molecule has 0 amide bonds. The van der Waals surface area contributed by atoms with Gasteiger partial charge in [-0.2, -0.15) is 0 Å². The third-order valence-corrected chi connectivity index (χ3v) is 11.6. The molecular weight excluding hydrogens is 412 g/mol. The minimum absolute atomic E-state index is 0.102. The second kappa shape index (κ2) is 9.11. The first-order valence-electron chi connectivity index (χ1n) is 13.6. The van der Waals surface area contributed by atoms with Gasteiger partial charge < -0.3 is 4.74 Å². The number of rotatable bonds is 6. The lowest BCUT2D eigenvalue weighted by molar-refractivity contribution is -0.161. The van der Waals surface area contributed by atoms with Gasteiger partial charge >= 0.3 is 5.97 Å². The van der Waals surface area contributed by atoms with E-state index in [2.05, 4.69) is 20.8 Å². The summed E-state index contributed by atoms with van der Waals surface area (Å²) in [6.07, 6.45) is 10.5. The van der Waals surface area contributed by atoms with Crippen LogP contribution in [0.3, 0.4) is 0 Å². The summed E-state index contributed by atoms with van der Waals surface area (Å²) >= 11 is 0. The zero-order valence-corrected chi connectivity index (χ0v) is 21.8. The van der Waals surface area contributed by atoms with E-state index >= 15 is 0 Å². The molecule has 0 aromatic heterocycles. The van der Waals surface area contributed by atoms with E-state index in [4.69, 9.17) is 4.74 Å². The summed E-state index contributed by atoms with van der Waals surface area (Å²) in [6, 6.07) is 0. The van der Waals surface area contributed by atoms with Crippen LogP contribution in [0.25, 0.3) is 0 Å². The fraction of sp³-hybridized carbons (Fsp3) is 0.897. The van der Waals surface area contributed by atoms with Crippen LogP contribution in [0.1, 0.15) is 98.8 Å². The first-order valence-corrected chi connectivity index (χ1v) is 13.6. The molecule has 4 aliphatic rings. The fourth-order valence-electron chi connectivity index (χ4n) is 9.69. The Morgan fingerprint density at radius 1 is 0.909 bits per heavy atom. The van der Waals surface area contributed by atoms with E-state index in [1.165, 1.54) is 32.8 Å². The monoisotopic (exact) mass is 458 g/mol. The molecule has 0 radical (unpaired) electrons. The van der Waals surface area contributed by atoms with Gasteiger partial charge in [-0.25, -0.2) is 0 Å². The molecule has 186 valence electrons. The topological polar surface area (TPSA) is 60.4 Å². The maximum absolute atomic E-state index is 13.0. The molecule has 4 rings (SSSR count). The van der Waals surface area contributed by atoms with Crippen LogP contribution in [0.4, 0.5) is 0 Å². The largest absolute Gasteiger partial charge is 0.469 e. The van der Waals surface area contributed by atoms with Crippen LogP contribution in [0.5, 0.6) is 0 Å². The molecule has 0 aromatic carbocycles. The van der Waals surface area contributed by atoms with Crippen LogP contribution in [0.15, 0.2) is 0 Å². The molecule has 0 N–H and O–H groups in total. The predicted octanol–water partition coefficient (Wildman–Crippen LogP) is 6.25. The first-order chi connectivity index (χ1) is 15.5.